The molecule has 3 unspecified atom stereocenters. The van der Waals surface area contributed by atoms with Crippen LogP contribution in [0, 0.1) is 25.3 Å². The number of alkyl carbamates (subject to hydrolysis) is 1. The zero-order valence-corrected chi connectivity index (χ0v) is 22.3. The first-order valence-electron chi connectivity index (χ1n) is 12.1. The number of esters is 1. The smallest absolute Gasteiger partial charge is 0.408 e. The maximum atomic E-state index is 13.7. The second kappa shape index (κ2) is 14.1. The van der Waals surface area contributed by atoms with Crippen LogP contribution in [-0.2, 0) is 23.9 Å². The summed E-state index contributed by atoms with van der Waals surface area (Å²) in [7, 11) is 0. The van der Waals surface area contributed by atoms with E-state index >= 15 is 0 Å². The number of hydrogen-bond acceptors (Lipinski definition) is 6. The molecule has 2 N–H and O–H groups in total. The van der Waals surface area contributed by atoms with Crippen molar-refractivity contribution in [2.24, 2.45) is 5.92 Å². The van der Waals surface area contributed by atoms with Crippen molar-refractivity contribution in [3.05, 3.63) is 35.4 Å². The SMILES string of the molecule is C#CN(C(=O)C(NC(=O)OC(C)(C)C)C(C)CC)C(C(=O)NCCC(=O)OCC)c1ccc(C)cc1. The third-order valence-corrected chi connectivity index (χ3v) is 5.36. The summed E-state index contributed by atoms with van der Waals surface area (Å²) in [6.07, 6.45) is 5.54. The molecule has 0 heterocycles. The van der Waals surface area contributed by atoms with Gasteiger partial charge in [0.05, 0.1) is 13.0 Å². The molecule has 36 heavy (non-hydrogen) atoms. The summed E-state index contributed by atoms with van der Waals surface area (Å²) in [6, 6.07) is 7.15. The molecule has 0 aromatic heterocycles. The first-order valence-corrected chi connectivity index (χ1v) is 12.1. The average Bonchev–Trinajstić information content (AvgIpc) is 2.79. The third-order valence-electron chi connectivity index (χ3n) is 5.36. The van der Waals surface area contributed by atoms with E-state index in [4.69, 9.17) is 15.9 Å². The van der Waals surface area contributed by atoms with Crippen molar-refractivity contribution in [3.8, 4) is 12.5 Å². The number of rotatable bonds is 11. The monoisotopic (exact) mass is 501 g/mol. The Hall–Kier alpha value is -3.54. The second-order valence-corrected chi connectivity index (χ2v) is 9.51. The van der Waals surface area contributed by atoms with Crippen LogP contribution in [0.15, 0.2) is 24.3 Å². The van der Waals surface area contributed by atoms with Crippen LogP contribution >= 0.6 is 0 Å². The van der Waals surface area contributed by atoms with E-state index in [1.807, 2.05) is 13.8 Å². The van der Waals surface area contributed by atoms with Crippen LogP contribution in [0.4, 0.5) is 4.79 Å². The maximum Gasteiger partial charge on any atom is 0.408 e. The molecular formula is C27H39N3O6. The van der Waals surface area contributed by atoms with Gasteiger partial charge >= 0.3 is 12.1 Å². The summed E-state index contributed by atoms with van der Waals surface area (Å²) in [4.78, 5) is 52.1. The number of hydrogen-bond donors (Lipinski definition) is 2. The lowest BCUT2D eigenvalue weighted by Gasteiger charge is -2.32. The molecule has 0 saturated heterocycles. The van der Waals surface area contributed by atoms with Crippen molar-refractivity contribution in [1.29, 1.82) is 0 Å². The highest BCUT2D eigenvalue weighted by Gasteiger charge is 2.37. The van der Waals surface area contributed by atoms with Crippen LogP contribution in [-0.4, -0.2) is 53.6 Å². The van der Waals surface area contributed by atoms with Gasteiger partial charge in [-0.2, -0.15) is 0 Å². The van der Waals surface area contributed by atoms with Gasteiger partial charge in [0, 0.05) is 12.6 Å². The zero-order valence-electron chi connectivity index (χ0n) is 22.3. The molecule has 198 valence electrons. The van der Waals surface area contributed by atoms with E-state index in [1.165, 1.54) is 0 Å². The number of nitrogens with zero attached hydrogens (tertiary/aromatic N) is 1. The minimum absolute atomic E-state index is 0.0115. The Morgan fingerprint density at radius 1 is 1.11 bits per heavy atom. The van der Waals surface area contributed by atoms with Gasteiger partial charge in [0.15, 0.2) is 0 Å². The van der Waals surface area contributed by atoms with Gasteiger partial charge in [-0.3, -0.25) is 19.3 Å². The number of carbonyl (C=O) groups is 4. The van der Waals surface area contributed by atoms with Crippen LogP contribution in [0.5, 0.6) is 0 Å². The highest BCUT2D eigenvalue weighted by atomic mass is 16.6. The van der Waals surface area contributed by atoms with Gasteiger partial charge in [0.25, 0.3) is 5.91 Å². The van der Waals surface area contributed by atoms with Crippen LogP contribution in [0.25, 0.3) is 0 Å². The van der Waals surface area contributed by atoms with E-state index in [9.17, 15) is 19.2 Å². The zero-order chi connectivity index (χ0) is 27.5. The average molecular weight is 502 g/mol. The van der Waals surface area contributed by atoms with Gasteiger partial charge in [-0.15, -0.1) is 0 Å². The van der Waals surface area contributed by atoms with E-state index in [-0.39, 0.29) is 25.5 Å². The molecule has 3 amide bonds. The Bertz CT molecular complexity index is 946. The Labute approximate surface area is 214 Å². The summed E-state index contributed by atoms with van der Waals surface area (Å²) in [6.45, 7) is 12.7. The lowest BCUT2D eigenvalue weighted by Crippen LogP contribution is -2.54. The van der Waals surface area contributed by atoms with Crippen LogP contribution in [0.1, 0.15) is 71.6 Å². The van der Waals surface area contributed by atoms with Crippen molar-refractivity contribution in [2.45, 2.75) is 79.0 Å². The molecular weight excluding hydrogens is 462 g/mol. The fourth-order valence-electron chi connectivity index (χ4n) is 3.32. The molecule has 0 bridgehead atoms. The molecule has 1 aromatic rings. The van der Waals surface area contributed by atoms with Crippen molar-refractivity contribution in [1.82, 2.24) is 15.5 Å². The van der Waals surface area contributed by atoms with E-state index in [0.29, 0.717) is 12.0 Å². The number of benzene rings is 1. The molecule has 0 radical (unpaired) electrons. The van der Waals surface area contributed by atoms with Crippen molar-refractivity contribution in [2.75, 3.05) is 13.2 Å². The highest BCUT2D eigenvalue weighted by molar-refractivity contribution is 5.93. The van der Waals surface area contributed by atoms with Crippen LogP contribution in [0.3, 0.4) is 0 Å². The molecule has 9 heteroatoms. The van der Waals surface area contributed by atoms with Gasteiger partial charge in [-0.1, -0.05) is 56.5 Å². The Kier molecular flexibility index (Phi) is 12.0. The number of ether oxygens (including phenoxy) is 2. The van der Waals surface area contributed by atoms with Gasteiger partial charge in [0.2, 0.25) is 5.91 Å². The Morgan fingerprint density at radius 2 is 1.72 bits per heavy atom. The predicted octanol–water partition coefficient (Wildman–Crippen LogP) is 3.46. The van der Waals surface area contributed by atoms with Crippen molar-refractivity contribution in [3.63, 3.8) is 0 Å². The minimum atomic E-state index is -1.18. The fraction of sp³-hybridized carbons (Fsp3) is 0.556. The third kappa shape index (κ3) is 9.61. The van der Waals surface area contributed by atoms with Crippen molar-refractivity contribution < 1.29 is 28.7 Å². The van der Waals surface area contributed by atoms with E-state index in [0.717, 1.165) is 10.5 Å². The number of amides is 3. The molecule has 3 atom stereocenters. The molecule has 0 spiro atoms. The maximum absolute atomic E-state index is 13.7. The molecule has 9 nitrogen and oxygen atoms in total. The first kappa shape index (κ1) is 30.5. The Morgan fingerprint density at radius 3 is 2.22 bits per heavy atom. The minimum Gasteiger partial charge on any atom is -0.466 e. The molecule has 1 rings (SSSR count). The number of terminal acetylenes is 1. The predicted molar refractivity (Wildman–Crippen MR) is 136 cm³/mol. The topological polar surface area (TPSA) is 114 Å². The summed E-state index contributed by atoms with van der Waals surface area (Å²) in [5, 5.41) is 5.29. The molecule has 1 aromatic carbocycles. The van der Waals surface area contributed by atoms with Crippen LogP contribution < -0.4 is 10.6 Å². The summed E-state index contributed by atoms with van der Waals surface area (Å²) in [5.41, 5.74) is 0.686. The van der Waals surface area contributed by atoms with Crippen LogP contribution in [0.2, 0.25) is 0 Å². The normalized spacial score (nSPS) is 13.4. The summed E-state index contributed by atoms with van der Waals surface area (Å²) >= 11 is 0. The number of aryl methyl sites for hydroxylation is 1. The Balaban J connectivity index is 3.29. The summed E-state index contributed by atoms with van der Waals surface area (Å²) < 4.78 is 10.2. The lowest BCUT2D eigenvalue weighted by molar-refractivity contribution is -0.143. The molecule has 0 aliphatic heterocycles. The van der Waals surface area contributed by atoms with Gasteiger partial charge in [-0.05, 0) is 46.1 Å². The van der Waals surface area contributed by atoms with E-state index in [2.05, 4.69) is 16.7 Å². The summed E-state index contributed by atoms with van der Waals surface area (Å²) in [5.74, 6) is -1.93. The standard InChI is InChI=1S/C27H39N3O6/c1-9-19(5)22(29-26(34)36-27(6,7)8)25(33)30(10-2)23(20-14-12-18(4)13-15-20)24(32)28-17-16-21(31)35-11-3/h2,12-15,19,22-23H,9,11,16-17H2,1,3-8H3,(H,28,32)(H,29,34). The molecule has 0 saturated carbocycles. The second-order valence-electron chi connectivity index (χ2n) is 9.51. The quantitative estimate of drug-likeness (QED) is 0.273. The highest BCUT2D eigenvalue weighted by Crippen LogP contribution is 2.24. The van der Waals surface area contributed by atoms with E-state index in [1.54, 1.807) is 58.9 Å². The van der Waals surface area contributed by atoms with Gasteiger partial charge in [-0.25, -0.2) is 4.79 Å². The largest absolute Gasteiger partial charge is 0.466 e. The van der Waals surface area contributed by atoms with Crippen molar-refractivity contribution >= 4 is 23.9 Å². The number of nitrogens with one attached hydrogen (secondary N) is 2. The molecule has 0 fully saturated rings. The molecule has 0 aliphatic rings. The number of carbonyl (C=O) groups excluding carboxylic acids is 4. The van der Waals surface area contributed by atoms with E-state index < -0.39 is 41.6 Å². The lowest BCUT2D eigenvalue weighted by atomic mass is 9.96. The van der Waals surface area contributed by atoms with Gasteiger partial charge in [0.1, 0.15) is 17.7 Å². The van der Waals surface area contributed by atoms with Gasteiger partial charge < -0.3 is 20.1 Å². The fourth-order valence-corrected chi connectivity index (χ4v) is 3.32. The molecule has 0 aliphatic carbocycles. The first-order chi connectivity index (χ1) is 16.8.